The van der Waals surface area contributed by atoms with Gasteiger partial charge in [-0.25, -0.2) is 0 Å². The van der Waals surface area contributed by atoms with Crippen LogP contribution in [0.15, 0.2) is 18.2 Å². The van der Waals surface area contributed by atoms with E-state index in [-0.39, 0.29) is 6.04 Å². The largest absolute Gasteiger partial charge is 0.306 e. The normalized spacial score (nSPS) is 12.9. The molecule has 2 aromatic rings. The average Bonchev–Trinajstić information content (AvgIpc) is 2.88. The number of halogens is 2. The molecule has 0 bridgehead atoms. The molecule has 2 rings (SSSR count). The number of hydrogen-bond donors (Lipinski definition) is 1. The molecule has 0 spiro atoms. The van der Waals surface area contributed by atoms with E-state index in [4.69, 9.17) is 23.2 Å². The summed E-state index contributed by atoms with van der Waals surface area (Å²) in [5.74, 6) is 0.322. The van der Waals surface area contributed by atoms with E-state index in [9.17, 15) is 0 Å². The van der Waals surface area contributed by atoms with Crippen molar-refractivity contribution in [2.75, 3.05) is 6.54 Å². The summed E-state index contributed by atoms with van der Waals surface area (Å²) in [5.41, 5.74) is 1.98. The van der Waals surface area contributed by atoms with Gasteiger partial charge in [-0.05, 0) is 47.8 Å². The van der Waals surface area contributed by atoms with Crippen molar-refractivity contribution in [3.05, 3.63) is 44.4 Å². The van der Waals surface area contributed by atoms with Crippen LogP contribution in [0.3, 0.4) is 0 Å². The van der Waals surface area contributed by atoms with E-state index in [0.717, 1.165) is 22.7 Å². The zero-order chi connectivity index (χ0) is 14.7. The van der Waals surface area contributed by atoms with Crippen LogP contribution in [-0.2, 0) is 0 Å². The van der Waals surface area contributed by atoms with Gasteiger partial charge in [0.2, 0.25) is 0 Å². The van der Waals surface area contributed by atoms with E-state index >= 15 is 0 Å². The number of nitrogens with one attached hydrogen (secondary N) is 1. The standard InChI is InChI=1S/C14H17Cl2N3S/c1-4-17-13(10-7-9(15)5-6-11(10)16)14-12(8(2)3)18-19-20-14/h5-8,13,17H,4H2,1-3H3. The highest BCUT2D eigenvalue weighted by Gasteiger charge is 2.24. The van der Waals surface area contributed by atoms with E-state index in [1.165, 1.54) is 11.5 Å². The van der Waals surface area contributed by atoms with Crippen LogP contribution in [0.2, 0.25) is 10.0 Å². The van der Waals surface area contributed by atoms with Gasteiger partial charge in [0, 0.05) is 10.0 Å². The van der Waals surface area contributed by atoms with E-state index in [0.29, 0.717) is 16.0 Å². The highest BCUT2D eigenvalue weighted by Crippen LogP contribution is 2.35. The van der Waals surface area contributed by atoms with E-state index < -0.39 is 0 Å². The van der Waals surface area contributed by atoms with Gasteiger partial charge in [-0.15, -0.1) is 5.10 Å². The second-order valence-electron chi connectivity index (χ2n) is 4.83. The molecule has 0 aliphatic rings. The lowest BCUT2D eigenvalue weighted by Gasteiger charge is -2.20. The third-order valence-electron chi connectivity index (χ3n) is 3.03. The summed E-state index contributed by atoms with van der Waals surface area (Å²) in [6.45, 7) is 7.11. The summed E-state index contributed by atoms with van der Waals surface area (Å²) >= 11 is 13.9. The van der Waals surface area contributed by atoms with Gasteiger partial charge in [0.05, 0.1) is 16.6 Å². The zero-order valence-corrected chi connectivity index (χ0v) is 14.0. The number of hydrogen-bond acceptors (Lipinski definition) is 4. The van der Waals surface area contributed by atoms with Crippen molar-refractivity contribution in [1.82, 2.24) is 14.9 Å². The molecule has 1 aromatic heterocycles. The van der Waals surface area contributed by atoms with Crippen LogP contribution in [0, 0.1) is 0 Å². The zero-order valence-electron chi connectivity index (χ0n) is 11.7. The summed E-state index contributed by atoms with van der Waals surface area (Å²) in [4.78, 5) is 1.10. The topological polar surface area (TPSA) is 37.8 Å². The van der Waals surface area contributed by atoms with Crippen LogP contribution in [0.1, 0.15) is 48.9 Å². The number of rotatable bonds is 5. The van der Waals surface area contributed by atoms with Gasteiger partial charge in [-0.2, -0.15) is 0 Å². The van der Waals surface area contributed by atoms with Crippen LogP contribution < -0.4 is 5.32 Å². The molecule has 1 atom stereocenters. The molecule has 108 valence electrons. The number of nitrogens with zero attached hydrogens (tertiary/aromatic N) is 2. The van der Waals surface area contributed by atoms with Crippen molar-refractivity contribution in [3.8, 4) is 0 Å². The maximum Gasteiger partial charge on any atom is 0.0832 e. The fourth-order valence-corrected chi connectivity index (χ4v) is 3.40. The van der Waals surface area contributed by atoms with Crippen molar-refractivity contribution in [2.45, 2.75) is 32.7 Å². The Morgan fingerprint density at radius 1 is 1.30 bits per heavy atom. The van der Waals surface area contributed by atoms with Crippen molar-refractivity contribution in [2.24, 2.45) is 0 Å². The lowest BCUT2D eigenvalue weighted by molar-refractivity contribution is 0.626. The first-order valence-corrected chi connectivity index (χ1v) is 8.08. The Morgan fingerprint density at radius 2 is 2.05 bits per heavy atom. The summed E-state index contributed by atoms with van der Waals surface area (Å²) in [5, 5.41) is 9.08. The molecule has 0 aliphatic heterocycles. The molecule has 0 aliphatic carbocycles. The Morgan fingerprint density at radius 3 is 2.70 bits per heavy atom. The minimum Gasteiger partial charge on any atom is -0.306 e. The maximum atomic E-state index is 6.34. The molecular formula is C14H17Cl2N3S. The maximum absolute atomic E-state index is 6.34. The molecule has 6 heteroatoms. The Kier molecular flexibility index (Phi) is 5.38. The molecule has 1 N–H and O–H groups in total. The Balaban J connectivity index is 2.50. The van der Waals surface area contributed by atoms with Gasteiger partial charge in [0.25, 0.3) is 0 Å². The van der Waals surface area contributed by atoms with Gasteiger partial charge < -0.3 is 5.32 Å². The minimum atomic E-state index is -0.0244. The van der Waals surface area contributed by atoms with Gasteiger partial charge in [0.1, 0.15) is 0 Å². The van der Waals surface area contributed by atoms with Crippen LogP contribution in [0.4, 0.5) is 0 Å². The van der Waals surface area contributed by atoms with Crippen molar-refractivity contribution >= 4 is 34.7 Å². The monoisotopic (exact) mass is 329 g/mol. The molecule has 0 amide bonds. The van der Waals surface area contributed by atoms with Gasteiger partial charge in [-0.3, -0.25) is 0 Å². The lowest BCUT2D eigenvalue weighted by Crippen LogP contribution is -2.22. The fraction of sp³-hybridized carbons (Fsp3) is 0.429. The predicted octanol–water partition coefficient (Wildman–Crippen LogP) is 4.67. The first-order valence-electron chi connectivity index (χ1n) is 6.55. The van der Waals surface area contributed by atoms with E-state index in [2.05, 4.69) is 35.7 Å². The lowest BCUT2D eigenvalue weighted by atomic mass is 10.00. The highest BCUT2D eigenvalue weighted by atomic mass is 35.5. The van der Waals surface area contributed by atoms with E-state index in [1.807, 2.05) is 12.1 Å². The number of benzene rings is 1. The third-order valence-corrected chi connectivity index (χ3v) is 4.41. The molecule has 0 radical (unpaired) electrons. The SMILES string of the molecule is CCNC(c1cc(Cl)ccc1Cl)c1snnc1C(C)C. The third kappa shape index (κ3) is 3.31. The quantitative estimate of drug-likeness (QED) is 0.866. The van der Waals surface area contributed by atoms with Crippen LogP contribution in [-0.4, -0.2) is 16.1 Å². The summed E-state index contributed by atoms with van der Waals surface area (Å²) in [6.07, 6.45) is 0. The first-order chi connectivity index (χ1) is 9.54. The molecule has 0 saturated heterocycles. The second-order valence-corrected chi connectivity index (χ2v) is 6.46. The van der Waals surface area contributed by atoms with Crippen molar-refractivity contribution in [3.63, 3.8) is 0 Å². The molecular weight excluding hydrogens is 313 g/mol. The van der Waals surface area contributed by atoms with Gasteiger partial charge in [0.15, 0.2) is 0 Å². The molecule has 0 saturated carbocycles. The average molecular weight is 330 g/mol. The molecule has 1 unspecified atom stereocenters. The molecule has 1 aromatic carbocycles. The van der Waals surface area contributed by atoms with Crippen LogP contribution in [0.5, 0.6) is 0 Å². The minimum absolute atomic E-state index is 0.0244. The van der Waals surface area contributed by atoms with Crippen molar-refractivity contribution in [1.29, 1.82) is 0 Å². The van der Waals surface area contributed by atoms with Gasteiger partial charge in [-0.1, -0.05) is 48.5 Å². The molecule has 3 nitrogen and oxygen atoms in total. The van der Waals surface area contributed by atoms with E-state index in [1.54, 1.807) is 6.07 Å². The first kappa shape index (κ1) is 15.7. The number of aromatic nitrogens is 2. The van der Waals surface area contributed by atoms with Crippen LogP contribution >= 0.6 is 34.7 Å². The summed E-state index contributed by atoms with van der Waals surface area (Å²) < 4.78 is 4.10. The van der Waals surface area contributed by atoms with Crippen LogP contribution in [0.25, 0.3) is 0 Å². The Hall–Kier alpha value is -0.680. The predicted molar refractivity (Wildman–Crippen MR) is 86.0 cm³/mol. The highest BCUT2D eigenvalue weighted by molar-refractivity contribution is 7.05. The molecule has 0 fully saturated rings. The fourth-order valence-electron chi connectivity index (χ4n) is 2.09. The Bertz CT molecular complexity index is 584. The van der Waals surface area contributed by atoms with Crippen molar-refractivity contribution < 1.29 is 0 Å². The molecule has 20 heavy (non-hydrogen) atoms. The summed E-state index contributed by atoms with van der Waals surface area (Å²) in [7, 11) is 0. The second kappa shape index (κ2) is 6.85. The van der Waals surface area contributed by atoms with Gasteiger partial charge >= 0.3 is 0 Å². The smallest absolute Gasteiger partial charge is 0.0832 e. The molecule has 1 heterocycles. The Labute approximate surface area is 133 Å². The summed E-state index contributed by atoms with van der Waals surface area (Å²) in [6, 6.07) is 5.50.